The lowest BCUT2D eigenvalue weighted by atomic mass is 9.75. The molecule has 2 unspecified atom stereocenters. The van der Waals surface area contributed by atoms with E-state index in [4.69, 9.17) is 4.74 Å². The molecule has 0 saturated heterocycles. The molecular formula is C26H28F6O. The molecule has 0 N–H and O–H groups in total. The fraction of sp³-hybridized carbons (Fsp3) is 0.462. The summed E-state index contributed by atoms with van der Waals surface area (Å²) in [7, 11) is 0. The van der Waals surface area contributed by atoms with E-state index in [1.807, 2.05) is 6.92 Å². The molecule has 2 aromatic rings. The van der Waals surface area contributed by atoms with Crippen LogP contribution in [0, 0.1) is 29.2 Å². The summed E-state index contributed by atoms with van der Waals surface area (Å²) in [6.45, 7) is 5.14. The summed E-state index contributed by atoms with van der Waals surface area (Å²) in [5, 5.41) is 0. The molecule has 2 atom stereocenters. The Morgan fingerprint density at radius 1 is 0.939 bits per heavy atom. The number of hydrogen-bond donors (Lipinski definition) is 0. The van der Waals surface area contributed by atoms with E-state index >= 15 is 0 Å². The number of halogens is 6. The molecule has 1 nitrogen and oxygen atoms in total. The SMILES string of the molecule is C=CCCc1ccc(OCC2CCC(c3ccc(CCC)c(F)c3F)C(F)(F)C2)c(F)c1F. The predicted octanol–water partition coefficient (Wildman–Crippen LogP) is 7.91. The molecule has 0 aromatic heterocycles. The van der Waals surface area contributed by atoms with Gasteiger partial charge in [-0.25, -0.2) is 22.0 Å². The zero-order chi connectivity index (χ0) is 24.2. The van der Waals surface area contributed by atoms with Gasteiger partial charge < -0.3 is 4.74 Å². The van der Waals surface area contributed by atoms with Crippen molar-refractivity contribution in [3.05, 3.63) is 76.9 Å². The van der Waals surface area contributed by atoms with Crippen LogP contribution in [-0.2, 0) is 12.8 Å². The van der Waals surface area contributed by atoms with Crippen molar-refractivity contribution >= 4 is 0 Å². The monoisotopic (exact) mass is 470 g/mol. The van der Waals surface area contributed by atoms with Gasteiger partial charge in [0, 0.05) is 6.42 Å². The van der Waals surface area contributed by atoms with Gasteiger partial charge in [-0.15, -0.1) is 6.58 Å². The second kappa shape index (κ2) is 10.7. The summed E-state index contributed by atoms with van der Waals surface area (Å²) < 4.78 is 92.5. The third-order valence-corrected chi connectivity index (χ3v) is 6.24. The first-order valence-corrected chi connectivity index (χ1v) is 11.2. The van der Waals surface area contributed by atoms with Gasteiger partial charge in [0.05, 0.1) is 12.5 Å². The van der Waals surface area contributed by atoms with Gasteiger partial charge in [0.2, 0.25) is 5.82 Å². The highest BCUT2D eigenvalue weighted by atomic mass is 19.3. The summed E-state index contributed by atoms with van der Waals surface area (Å²) in [6.07, 6.45) is 2.89. The summed E-state index contributed by atoms with van der Waals surface area (Å²) >= 11 is 0. The molecule has 0 amide bonds. The quantitative estimate of drug-likeness (QED) is 0.267. The average molecular weight is 470 g/mol. The summed E-state index contributed by atoms with van der Waals surface area (Å²) in [6, 6.07) is 5.32. The van der Waals surface area contributed by atoms with Crippen molar-refractivity contribution < 1.29 is 31.1 Å². The van der Waals surface area contributed by atoms with Crippen molar-refractivity contribution in [1.82, 2.24) is 0 Å². The van der Waals surface area contributed by atoms with Gasteiger partial charge in [0.1, 0.15) is 0 Å². The van der Waals surface area contributed by atoms with Crippen LogP contribution < -0.4 is 4.74 Å². The van der Waals surface area contributed by atoms with Gasteiger partial charge in [-0.2, -0.15) is 4.39 Å². The lowest BCUT2D eigenvalue weighted by Gasteiger charge is -2.36. The highest BCUT2D eigenvalue weighted by Crippen LogP contribution is 2.48. The van der Waals surface area contributed by atoms with Crippen molar-refractivity contribution in [3.8, 4) is 5.75 Å². The van der Waals surface area contributed by atoms with Crippen LogP contribution in [0.5, 0.6) is 5.75 Å². The Hall–Kier alpha value is -2.44. The Morgan fingerprint density at radius 2 is 1.61 bits per heavy atom. The first kappa shape index (κ1) is 25.2. The molecule has 180 valence electrons. The van der Waals surface area contributed by atoms with E-state index in [2.05, 4.69) is 6.58 Å². The van der Waals surface area contributed by atoms with Gasteiger partial charge in [-0.05, 0) is 60.8 Å². The zero-order valence-electron chi connectivity index (χ0n) is 18.6. The molecule has 0 bridgehead atoms. The third-order valence-electron chi connectivity index (χ3n) is 6.24. The molecular weight excluding hydrogens is 442 g/mol. The van der Waals surface area contributed by atoms with Gasteiger partial charge >= 0.3 is 0 Å². The number of aryl methyl sites for hydroxylation is 2. The van der Waals surface area contributed by atoms with Crippen molar-refractivity contribution in [2.24, 2.45) is 5.92 Å². The number of hydrogen-bond acceptors (Lipinski definition) is 1. The third kappa shape index (κ3) is 5.56. The topological polar surface area (TPSA) is 9.23 Å². The fourth-order valence-corrected chi connectivity index (χ4v) is 4.45. The van der Waals surface area contributed by atoms with Crippen LogP contribution >= 0.6 is 0 Å². The lowest BCUT2D eigenvalue weighted by Crippen LogP contribution is -2.36. The Labute approximate surface area is 190 Å². The van der Waals surface area contributed by atoms with Gasteiger partial charge in [-0.3, -0.25) is 0 Å². The second-order valence-electron chi connectivity index (χ2n) is 8.64. The summed E-state index contributed by atoms with van der Waals surface area (Å²) in [4.78, 5) is 0. The summed E-state index contributed by atoms with van der Waals surface area (Å²) in [5.74, 6) is -10.2. The molecule has 0 aliphatic heterocycles. The highest BCUT2D eigenvalue weighted by molar-refractivity contribution is 5.32. The van der Waals surface area contributed by atoms with Crippen molar-refractivity contribution in [1.29, 1.82) is 0 Å². The smallest absolute Gasteiger partial charge is 0.255 e. The molecule has 7 heteroatoms. The van der Waals surface area contributed by atoms with Gasteiger partial charge in [-0.1, -0.05) is 37.6 Å². The first-order chi connectivity index (χ1) is 15.7. The van der Waals surface area contributed by atoms with Crippen LogP contribution in [0.25, 0.3) is 0 Å². The second-order valence-corrected chi connectivity index (χ2v) is 8.64. The van der Waals surface area contributed by atoms with Crippen LogP contribution in [0.2, 0.25) is 0 Å². The van der Waals surface area contributed by atoms with E-state index in [0.717, 1.165) is 0 Å². The fourth-order valence-electron chi connectivity index (χ4n) is 4.45. The number of benzene rings is 2. The van der Waals surface area contributed by atoms with Crippen LogP contribution in [0.4, 0.5) is 26.3 Å². The first-order valence-electron chi connectivity index (χ1n) is 11.2. The van der Waals surface area contributed by atoms with Gasteiger partial charge in [0.25, 0.3) is 5.92 Å². The molecule has 3 rings (SSSR count). The van der Waals surface area contributed by atoms with Crippen LogP contribution in [0.1, 0.15) is 61.6 Å². The maximum absolute atomic E-state index is 14.9. The number of rotatable bonds is 9. The molecule has 1 aliphatic rings. The standard InChI is InChI=1S/C26H28F6O/c1-3-5-7-18-10-13-21(25(30)23(18)28)33-15-16-8-12-20(26(31,32)14-16)19-11-9-17(6-4-2)22(27)24(19)29/h3,9-11,13,16,20H,1,4-8,12,14-15H2,2H3. The molecule has 0 radical (unpaired) electrons. The Bertz CT molecular complexity index is 987. The van der Waals surface area contributed by atoms with E-state index in [1.54, 1.807) is 6.08 Å². The zero-order valence-corrected chi connectivity index (χ0v) is 18.6. The number of ether oxygens (including phenoxy) is 1. The normalized spacial score (nSPS) is 20.0. The van der Waals surface area contributed by atoms with E-state index in [0.29, 0.717) is 25.7 Å². The molecule has 1 saturated carbocycles. The molecule has 0 spiro atoms. The Morgan fingerprint density at radius 3 is 2.27 bits per heavy atom. The predicted molar refractivity (Wildman–Crippen MR) is 116 cm³/mol. The maximum atomic E-state index is 14.9. The van der Waals surface area contributed by atoms with E-state index in [9.17, 15) is 26.3 Å². The van der Waals surface area contributed by atoms with Crippen molar-refractivity contribution in [3.63, 3.8) is 0 Å². The number of allylic oxidation sites excluding steroid dienone is 1. The highest BCUT2D eigenvalue weighted by Gasteiger charge is 2.47. The maximum Gasteiger partial charge on any atom is 0.255 e. The Balaban J connectivity index is 1.67. The van der Waals surface area contributed by atoms with Crippen LogP contribution in [-0.4, -0.2) is 12.5 Å². The van der Waals surface area contributed by atoms with E-state index in [1.165, 1.54) is 24.3 Å². The minimum Gasteiger partial charge on any atom is -0.490 e. The minimum atomic E-state index is -3.29. The van der Waals surface area contributed by atoms with Crippen LogP contribution in [0.3, 0.4) is 0 Å². The number of alkyl halides is 2. The molecule has 1 aliphatic carbocycles. The molecule has 33 heavy (non-hydrogen) atoms. The minimum absolute atomic E-state index is 0.0676. The van der Waals surface area contributed by atoms with Crippen molar-refractivity contribution in [2.75, 3.05) is 6.61 Å². The average Bonchev–Trinajstić information content (AvgIpc) is 2.77. The largest absolute Gasteiger partial charge is 0.490 e. The van der Waals surface area contributed by atoms with Gasteiger partial charge in [0.15, 0.2) is 23.2 Å². The summed E-state index contributed by atoms with van der Waals surface area (Å²) in [5.41, 5.74) is 0.0416. The molecule has 0 heterocycles. The van der Waals surface area contributed by atoms with Crippen molar-refractivity contribution in [2.45, 2.75) is 63.7 Å². The molecule has 1 fully saturated rings. The van der Waals surface area contributed by atoms with E-state index < -0.39 is 47.4 Å². The Kier molecular flexibility index (Phi) is 8.14. The van der Waals surface area contributed by atoms with E-state index in [-0.39, 0.29) is 41.9 Å². The van der Waals surface area contributed by atoms with Crippen LogP contribution in [0.15, 0.2) is 36.9 Å². The lowest BCUT2D eigenvalue weighted by molar-refractivity contribution is -0.0789. The molecule has 2 aromatic carbocycles.